The van der Waals surface area contributed by atoms with Gasteiger partial charge in [0, 0.05) is 25.6 Å². The van der Waals surface area contributed by atoms with Crippen molar-refractivity contribution in [2.45, 2.75) is 51.5 Å². The average molecular weight is 435 g/mol. The number of guanidine groups is 1. The summed E-state index contributed by atoms with van der Waals surface area (Å²) in [5.41, 5.74) is 0. The largest absolute Gasteiger partial charge is 0.469 e. The minimum absolute atomic E-state index is 0. The molecule has 5 nitrogen and oxygen atoms in total. The van der Waals surface area contributed by atoms with Crippen LogP contribution >= 0.6 is 24.0 Å². The van der Waals surface area contributed by atoms with Gasteiger partial charge in [-0.3, -0.25) is 4.99 Å². The highest BCUT2D eigenvalue weighted by Gasteiger charge is 2.14. The smallest absolute Gasteiger partial charge is 0.191 e. The summed E-state index contributed by atoms with van der Waals surface area (Å²) < 4.78 is 10.7. The van der Waals surface area contributed by atoms with Crippen molar-refractivity contribution >= 4 is 29.9 Å². The Morgan fingerprint density at radius 1 is 1.35 bits per heavy atom. The lowest BCUT2D eigenvalue weighted by Gasteiger charge is -2.25. The molecule has 0 amide bonds. The maximum atomic E-state index is 5.36. The van der Waals surface area contributed by atoms with Crippen molar-refractivity contribution in [1.82, 2.24) is 10.6 Å². The standard InChI is InChI=1S/C17H29N3O2.HI/c1-2-21-14-12-19-17(20-15-7-4-3-5-8-15)18-11-10-16-9-6-13-22-16;/h6,9,13,15H,2-5,7-8,10-12,14H2,1H3,(H2,18,19,20);1H. The Bertz CT molecular complexity index is 417. The highest BCUT2D eigenvalue weighted by atomic mass is 127. The third-order valence-electron chi connectivity index (χ3n) is 3.90. The van der Waals surface area contributed by atoms with Crippen LogP contribution in [0.3, 0.4) is 0 Å². The molecule has 0 aliphatic heterocycles. The summed E-state index contributed by atoms with van der Waals surface area (Å²) in [5.74, 6) is 1.90. The highest BCUT2D eigenvalue weighted by molar-refractivity contribution is 14.0. The van der Waals surface area contributed by atoms with E-state index in [0.717, 1.165) is 31.3 Å². The van der Waals surface area contributed by atoms with Gasteiger partial charge in [-0.1, -0.05) is 19.3 Å². The van der Waals surface area contributed by atoms with Gasteiger partial charge in [-0.2, -0.15) is 0 Å². The van der Waals surface area contributed by atoms with Gasteiger partial charge >= 0.3 is 0 Å². The molecule has 0 spiro atoms. The molecule has 1 saturated carbocycles. The Morgan fingerprint density at radius 2 is 2.17 bits per heavy atom. The second-order valence-electron chi connectivity index (χ2n) is 5.66. The monoisotopic (exact) mass is 435 g/mol. The van der Waals surface area contributed by atoms with E-state index in [0.29, 0.717) is 19.2 Å². The number of hydrogen-bond acceptors (Lipinski definition) is 3. The second-order valence-corrected chi connectivity index (χ2v) is 5.66. The van der Waals surface area contributed by atoms with Crippen molar-refractivity contribution in [2.24, 2.45) is 4.99 Å². The van der Waals surface area contributed by atoms with E-state index < -0.39 is 0 Å². The summed E-state index contributed by atoms with van der Waals surface area (Å²) in [6.45, 7) is 4.93. The summed E-state index contributed by atoms with van der Waals surface area (Å²) in [6, 6.07) is 4.48. The van der Waals surface area contributed by atoms with Crippen molar-refractivity contribution in [3.8, 4) is 0 Å². The second kappa shape index (κ2) is 12.6. The van der Waals surface area contributed by atoms with Gasteiger partial charge in [-0.15, -0.1) is 24.0 Å². The number of halogens is 1. The van der Waals surface area contributed by atoms with Crippen LogP contribution in [-0.2, 0) is 11.2 Å². The van der Waals surface area contributed by atoms with E-state index in [1.54, 1.807) is 6.26 Å². The van der Waals surface area contributed by atoms with E-state index in [4.69, 9.17) is 9.15 Å². The van der Waals surface area contributed by atoms with Crippen molar-refractivity contribution in [1.29, 1.82) is 0 Å². The molecule has 0 bridgehead atoms. The number of hydrogen-bond donors (Lipinski definition) is 2. The quantitative estimate of drug-likeness (QED) is 0.285. The molecule has 1 aromatic heterocycles. The number of furan rings is 1. The van der Waals surface area contributed by atoms with Crippen molar-refractivity contribution in [2.75, 3.05) is 26.3 Å². The zero-order chi connectivity index (χ0) is 15.5. The van der Waals surface area contributed by atoms with Gasteiger partial charge in [0.05, 0.1) is 19.4 Å². The van der Waals surface area contributed by atoms with Crippen molar-refractivity contribution in [3.05, 3.63) is 24.2 Å². The maximum Gasteiger partial charge on any atom is 0.191 e. The van der Waals surface area contributed by atoms with Crippen LogP contribution in [0.25, 0.3) is 0 Å². The van der Waals surface area contributed by atoms with E-state index >= 15 is 0 Å². The van der Waals surface area contributed by atoms with E-state index in [1.807, 2.05) is 19.1 Å². The molecule has 0 radical (unpaired) electrons. The molecule has 6 heteroatoms. The Morgan fingerprint density at radius 3 is 2.87 bits per heavy atom. The fourth-order valence-corrected chi connectivity index (χ4v) is 2.72. The highest BCUT2D eigenvalue weighted by Crippen LogP contribution is 2.17. The Kier molecular flexibility index (Phi) is 11.1. The Labute approximate surface area is 156 Å². The minimum Gasteiger partial charge on any atom is -0.469 e. The first-order valence-electron chi connectivity index (χ1n) is 8.53. The summed E-state index contributed by atoms with van der Waals surface area (Å²) in [5, 5.41) is 6.97. The zero-order valence-electron chi connectivity index (χ0n) is 14.1. The SMILES string of the molecule is CCOCCN=C(NCCc1ccco1)NC1CCCCC1.I. The fourth-order valence-electron chi connectivity index (χ4n) is 2.72. The average Bonchev–Trinajstić information content (AvgIpc) is 3.05. The van der Waals surface area contributed by atoms with E-state index in [1.165, 1.54) is 32.1 Å². The molecule has 0 aromatic carbocycles. The molecule has 1 aliphatic carbocycles. The molecule has 0 atom stereocenters. The third kappa shape index (κ3) is 8.60. The normalized spacial score (nSPS) is 16.0. The number of rotatable bonds is 8. The molecule has 2 N–H and O–H groups in total. The van der Waals surface area contributed by atoms with Crippen molar-refractivity contribution < 1.29 is 9.15 Å². The lowest BCUT2D eigenvalue weighted by Crippen LogP contribution is -2.45. The predicted octanol–water partition coefficient (Wildman–Crippen LogP) is 3.34. The van der Waals surface area contributed by atoms with Gasteiger partial charge in [0.15, 0.2) is 5.96 Å². The summed E-state index contributed by atoms with van der Waals surface area (Å²) >= 11 is 0. The molecular formula is C17H30IN3O2. The van der Waals surface area contributed by atoms with Gasteiger partial charge in [0.2, 0.25) is 0 Å². The van der Waals surface area contributed by atoms with Gasteiger partial charge in [0.25, 0.3) is 0 Å². The number of aliphatic imine (C=N–C) groups is 1. The first-order valence-corrected chi connectivity index (χ1v) is 8.53. The van der Waals surface area contributed by atoms with Crippen LogP contribution in [0.5, 0.6) is 0 Å². The molecular weight excluding hydrogens is 405 g/mol. The molecule has 1 aromatic rings. The van der Waals surface area contributed by atoms with Gasteiger partial charge in [-0.25, -0.2) is 0 Å². The lowest BCUT2D eigenvalue weighted by atomic mass is 9.96. The third-order valence-corrected chi connectivity index (χ3v) is 3.90. The molecule has 1 heterocycles. The van der Waals surface area contributed by atoms with Crippen LogP contribution in [0.2, 0.25) is 0 Å². The first kappa shape index (κ1) is 20.3. The van der Waals surface area contributed by atoms with Crippen LogP contribution in [0.1, 0.15) is 44.8 Å². The number of nitrogens with one attached hydrogen (secondary N) is 2. The fraction of sp³-hybridized carbons (Fsp3) is 0.706. The molecule has 2 rings (SSSR count). The summed E-state index contributed by atoms with van der Waals surface area (Å²) in [7, 11) is 0. The predicted molar refractivity (Wildman–Crippen MR) is 105 cm³/mol. The topological polar surface area (TPSA) is 58.8 Å². The lowest BCUT2D eigenvalue weighted by molar-refractivity contribution is 0.155. The van der Waals surface area contributed by atoms with Crippen LogP contribution < -0.4 is 10.6 Å². The molecule has 0 saturated heterocycles. The summed E-state index contributed by atoms with van der Waals surface area (Å²) in [4.78, 5) is 4.61. The number of ether oxygens (including phenoxy) is 1. The van der Waals surface area contributed by atoms with Crippen molar-refractivity contribution in [3.63, 3.8) is 0 Å². The molecule has 0 unspecified atom stereocenters. The zero-order valence-corrected chi connectivity index (χ0v) is 16.4. The minimum atomic E-state index is 0. The van der Waals surface area contributed by atoms with Crippen LogP contribution in [-0.4, -0.2) is 38.3 Å². The molecule has 23 heavy (non-hydrogen) atoms. The van der Waals surface area contributed by atoms with Gasteiger partial charge in [0.1, 0.15) is 5.76 Å². The maximum absolute atomic E-state index is 5.36. The van der Waals surface area contributed by atoms with E-state index in [-0.39, 0.29) is 24.0 Å². The van der Waals surface area contributed by atoms with Crippen LogP contribution in [0, 0.1) is 0 Å². The summed E-state index contributed by atoms with van der Waals surface area (Å²) in [6.07, 6.45) is 9.05. The van der Waals surface area contributed by atoms with Crippen LogP contribution in [0.15, 0.2) is 27.8 Å². The molecule has 132 valence electrons. The van der Waals surface area contributed by atoms with Crippen LogP contribution in [0.4, 0.5) is 0 Å². The van der Waals surface area contributed by atoms with Gasteiger partial charge < -0.3 is 19.8 Å². The first-order chi connectivity index (χ1) is 10.9. The van der Waals surface area contributed by atoms with Gasteiger partial charge in [-0.05, 0) is 31.9 Å². The van der Waals surface area contributed by atoms with E-state index in [2.05, 4.69) is 15.6 Å². The van der Waals surface area contributed by atoms with E-state index in [9.17, 15) is 0 Å². The molecule has 1 fully saturated rings. The Hall–Kier alpha value is -0.760. The number of nitrogens with zero attached hydrogens (tertiary/aromatic N) is 1. The Balaban J connectivity index is 0.00000264. The molecule has 1 aliphatic rings.